The number of methoxy groups -OCH3 is 1. The van der Waals surface area contributed by atoms with Gasteiger partial charge in [-0.2, -0.15) is 0 Å². The summed E-state index contributed by atoms with van der Waals surface area (Å²) in [5, 5.41) is 0. The second-order valence-corrected chi connectivity index (χ2v) is 5.89. The molecule has 0 aromatic heterocycles. The second kappa shape index (κ2) is 6.51. The van der Waals surface area contributed by atoms with Crippen molar-refractivity contribution >= 4 is 11.6 Å². The molecule has 19 heavy (non-hydrogen) atoms. The molecule has 106 valence electrons. The minimum absolute atomic E-state index is 0.297. The van der Waals surface area contributed by atoms with Gasteiger partial charge in [0, 0.05) is 5.88 Å². The maximum Gasteiger partial charge on any atom is 0.161 e. The summed E-state index contributed by atoms with van der Waals surface area (Å²) in [6, 6.07) is 5.90. The third-order valence-electron chi connectivity index (χ3n) is 4.23. The lowest BCUT2D eigenvalue weighted by atomic mass is 9.80. The van der Waals surface area contributed by atoms with Gasteiger partial charge in [0.25, 0.3) is 0 Å². The molecule has 3 heteroatoms. The van der Waals surface area contributed by atoms with Gasteiger partial charge in [-0.3, -0.25) is 0 Å². The van der Waals surface area contributed by atoms with Crippen LogP contribution in [0.25, 0.3) is 0 Å². The normalized spacial score (nSPS) is 27.1. The van der Waals surface area contributed by atoms with Crippen LogP contribution in [-0.4, -0.2) is 13.2 Å². The number of halogens is 1. The van der Waals surface area contributed by atoms with Crippen molar-refractivity contribution < 1.29 is 9.47 Å². The highest BCUT2D eigenvalue weighted by Gasteiger charge is 2.26. The molecule has 3 unspecified atom stereocenters. The molecule has 1 saturated carbocycles. The van der Waals surface area contributed by atoms with E-state index >= 15 is 0 Å². The second-order valence-electron chi connectivity index (χ2n) is 5.63. The summed E-state index contributed by atoms with van der Waals surface area (Å²) in [5.74, 6) is 3.64. The van der Waals surface area contributed by atoms with Crippen molar-refractivity contribution in [1.82, 2.24) is 0 Å². The Kier molecular flexibility index (Phi) is 4.98. The summed E-state index contributed by atoms with van der Waals surface area (Å²) in [6.07, 6.45) is 3.78. The molecule has 2 nitrogen and oxygen atoms in total. The van der Waals surface area contributed by atoms with E-state index in [0.717, 1.165) is 41.7 Å². The van der Waals surface area contributed by atoms with Crippen molar-refractivity contribution in [3.05, 3.63) is 23.8 Å². The molecule has 1 fully saturated rings. The lowest BCUT2D eigenvalue weighted by Crippen LogP contribution is -2.28. The van der Waals surface area contributed by atoms with Crippen LogP contribution in [0.3, 0.4) is 0 Å². The van der Waals surface area contributed by atoms with Crippen molar-refractivity contribution in [1.29, 1.82) is 0 Å². The predicted octanol–water partition coefficient (Wildman–Crippen LogP) is 4.64. The molecule has 1 aliphatic carbocycles. The Morgan fingerprint density at radius 3 is 2.58 bits per heavy atom. The molecule has 3 atom stereocenters. The lowest BCUT2D eigenvalue weighted by Gasteiger charge is -2.32. The van der Waals surface area contributed by atoms with Crippen LogP contribution in [0.5, 0.6) is 11.5 Å². The summed E-state index contributed by atoms with van der Waals surface area (Å²) in [4.78, 5) is 0. The predicted molar refractivity (Wildman–Crippen MR) is 79.1 cm³/mol. The van der Waals surface area contributed by atoms with E-state index in [9.17, 15) is 0 Å². The fourth-order valence-electron chi connectivity index (χ4n) is 2.68. The first-order chi connectivity index (χ1) is 9.13. The Bertz CT molecular complexity index is 419. The van der Waals surface area contributed by atoms with Gasteiger partial charge in [0.1, 0.15) is 0 Å². The van der Waals surface area contributed by atoms with Crippen LogP contribution in [0.1, 0.15) is 38.7 Å². The Labute approximate surface area is 121 Å². The largest absolute Gasteiger partial charge is 0.493 e. The van der Waals surface area contributed by atoms with E-state index in [1.54, 1.807) is 7.11 Å². The van der Waals surface area contributed by atoms with Gasteiger partial charge in [-0.15, -0.1) is 11.6 Å². The first kappa shape index (κ1) is 14.5. The van der Waals surface area contributed by atoms with Gasteiger partial charge < -0.3 is 9.47 Å². The Balaban J connectivity index is 2.09. The molecule has 0 saturated heterocycles. The molecule has 0 N–H and O–H groups in total. The van der Waals surface area contributed by atoms with E-state index in [0.29, 0.717) is 12.0 Å². The van der Waals surface area contributed by atoms with Gasteiger partial charge in [-0.1, -0.05) is 19.9 Å². The van der Waals surface area contributed by atoms with Crippen molar-refractivity contribution in [2.75, 3.05) is 7.11 Å². The van der Waals surface area contributed by atoms with Crippen molar-refractivity contribution in [3.63, 3.8) is 0 Å². The maximum atomic E-state index is 6.15. The van der Waals surface area contributed by atoms with Crippen molar-refractivity contribution in [2.24, 2.45) is 11.8 Å². The molecule has 0 radical (unpaired) electrons. The van der Waals surface area contributed by atoms with E-state index in [4.69, 9.17) is 21.1 Å². The number of hydrogen-bond donors (Lipinski definition) is 0. The smallest absolute Gasteiger partial charge is 0.161 e. The molecule has 0 spiro atoms. The molecular formula is C16H23ClO2. The molecule has 0 aliphatic heterocycles. The topological polar surface area (TPSA) is 18.5 Å². The van der Waals surface area contributed by atoms with E-state index < -0.39 is 0 Å². The van der Waals surface area contributed by atoms with Gasteiger partial charge in [0.05, 0.1) is 13.2 Å². The third kappa shape index (κ3) is 3.56. The van der Waals surface area contributed by atoms with Crippen molar-refractivity contribution in [2.45, 2.75) is 45.1 Å². The van der Waals surface area contributed by atoms with Crippen LogP contribution in [0.4, 0.5) is 0 Å². The van der Waals surface area contributed by atoms with Crippen LogP contribution >= 0.6 is 11.6 Å². The Hall–Kier alpha value is -0.890. The molecule has 2 rings (SSSR count). The van der Waals surface area contributed by atoms with E-state index in [1.807, 2.05) is 18.2 Å². The van der Waals surface area contributed by atoms with Gasteiger partial charge in [-0.05, 0) is 48.8 Å². The first-order valence-corrected chi connectivity index (χ1v) is 7.57. The minimum atomic E-state index is 0.297. The van der Waals surface area contributed by atoms with E-state index in [2.05, 4.69) is 13.8 Å². The van der Waals surface area contributed by atoms with Crippen LogP contribution < -0.4 is 9.47 Å². The highest BCUT2D eigenvalue weighted by molar-refractivity contribution is 6.17. The Morgan fingerprint density at radius 1 is 1.16 bits per heavy atom. The number of alkyl halides is 1. The Morgan fingerprint density at radius 2 is 1.95 bits per heavy atom. The lowest BCUT2D eigenvalue weighted by molar-refractivity contribution is 0.0976. The van der Waals surface area contributed by atoms with Crippen LogP contribution in [0, 0.1) is 11.8 Å². The van der Waals surface area contributed by atoms with Gasteiger partial charge >= 0.3 is 0 Å². The molecule has 1 aromatic carbocycles. The number of hydrogen-bond acceptors (Lipinski definition) is 2. The summed E-state index contributed by atoms with van der Waals surface area (Å²) in [5.41, 5.74) is 1.06. The summed E-state index contributed by atoms with van der Waals surface area (Å²) < 4.78 is 11.5. The number of benzene rings is 1. The minimum Gasteiger partial charge on any atom is -0.493 e. The van der Waals surface area contributed by atoms with Gasteiger partial charge in [0.15, 0.2) is 11.5 Å². The quantitative estimate of drug-likeness (QED) is 0.749. The number of ether oxygens (including phenoxy) is 2. The van der Waals surface area contributed by atoms with Crippen LogP contribution in [0.2, 0.25) is 0 Å². The average molecular weight is 283 g/mol. The van der Waals surface area contributed by atoms with Gasteiger partial charge in [0.2, 0.25) is 0 Å². The highest BCUT2D eigenvalue weighted by atomic mass is 35.5. The fraction of sp³-hybridized carbons (Fsp3) is 0.625. The zero-order valence-corrected chi connectivity index (χ0v) is 12.7. The SMILES string of the molecule is COc1ccc(CCl)cc1OC1CCC(C)C(C)C1. The van der Waals surface area contributed by atoms with E-state index in [-0.39, 0.29) is 0 Å². The molecule has 0 amide bonds. The zero-order valence-electron chi connectivity index (χ0n) is 12.0. The molecular weight excluding hydrogens is 260 g/mol. The standard InChI is InChI=1S/C16H23ClO2/c1-11-4-6-14(8-12(11)2)19-16-9-13(10-17)5-7-15(16)18-3/h5,7,9,11-12,14H,4,6,8,10H2,1-3H3. The first-order valence-electron chi connectivity index (χ1n) is 7.03. The van der Waals surface area contributed by atoms with Crippen LogP contribution in [-0.2, 0) is 5.88 Å². The third-order valence-corrected chi connectivity index (χ3v) is 4.53. The molecule has 1 aliphatic rings. The highest BCUT2D eigenvalue weighted by Crippen LogP contribution is 2.35. The van der Waals surface area contributed by atoms with Crippen LogP contribution in [0.15, 0.2) is 18.2 Å². The fourth-order valence-corrected chi connectivity index (χ4v) is 2.85. The zero-order chi connectivity index (χ0) is 13.8. The summed E-state index contributed by atoms with van der Waals surface area (Å²) in [6.45, 7) is 4.64. The maximum absolute atomic E-state index is 6.15. The molecule has 0 heterocycles. The summed E-state index contributed by atoms with van der Waals surface area (Å²) >= 11 is 5.88. The monoisotopic (exact) mass is 282 g/mol. The average Bonchev–Trinajstić information content (AvgIpc) is 2.43. The van der Waals surface area contributed by atoms with Gasteiger partial charge in [-0.25, -0.2) is 0 Å². The van der Waals surface area contributed by atoms with Crippen molar-refractivity contribution in [3.8, 4) is 11.5 Å². The molecule has 0 bridgehead atoms. The number of rotatable bonds is 4. The summed E-state index contributed by atoms with van der Waals surface area (Å²) in [7, 11) is 1.67. The van der Waals surface area contributed by atoms with E-state index in [1.165, 1.54) is 6.42 Å². The molecule has 1 aromatic rings.